The maximum atomic E-state index is 12.4. The fraction of sp³-hybridized carbons (Fsp3) is 0.579. The molecular formula is C19H25Cl2N3O2. The van der Waals surface area contributed by atoms with E-state index in [0.29, 0.717) is 21.7 Å². The summed E-state index contributed by atoms with van der Waals surface area (Å²) in [6.45, 7) is 6.08. The fourth-order valence-electron chi connectivity index (χ4n) is 3.67. The van der Waals surface area contributed by atoms with Gasteiger partial charge in [-0.2, -0.15) is 0 Å². The lowest BCUT2D eigenvalue weighted by atomic mass is 9.98. The van der Waals surface area contributed by atoms with Crippen LogP contribution in [0.4, 0.5) is 0 Å². The average Bonchev–Trinajstić information content (AvgIpc) is 3.12. The van der Waals surface area contributed by atoms with Gasteiger partial charge in [0.15, 0.2) is 0 Å². The molecule has 0 spiro atoms. The van der Waals surface area contributed by atoms with Crippen LogP contribution < -0.4 is 5.32 Å². The van der Waals surface area contributed by atoms with Crippen molar-refractivity contribution in [1.29, 1.82) is 0 Å². The molecule has 7 heteroatoms. The van der Waals surface area contributed by atoms with Crippen molar-refractivity contribution < 1.29 is 9.59 Å². The van der Waals surface area contributed by atoms with Gasteiger partial charge in [-0.25, -0.2) is 0 Å². The first-order valence-corrected chi connectivity index (χ1v) is 9.94. The van der Waals surface area contributed by atoms with Crippen LogP contribution in [0.5, 0.6) is 0 Å². The lowest BCUT2D eigenvalue weighted by molar-refractivity contribution is -0.129. The van der Waals surface area contributed by atoms with Crippen LogP contribution in [0.3, 0.4) is 0 Å². The highest BCUT2D eigenvalue weighted by Gasteiger charge is 2.31. The third-order valence-corrected chi connectivity index (χ3v) is 6.17. The quantitative estimate of drug-likeness (QED) is 0.848. The van der Waals surface area contributed by atoms with Gasteiger partial charge < -0.3 is 10.2 Å². The summed E-state index contributed by atoms with van der Waals surface area (Å²) in [5, 5.41) is 3.40. The number of halogens is 2. The van der Waals surface area contributed by atoms with Gasteiger partial charge >= 0.3 is 0 Å². The van der Waals surface area contributed by atoms with Gasteiger partial charge in [0.2, 0.25) is 5.91 Å². The molecule has 26 heavy (non-hydrogen) atoms. The molecule has 5 nitrogen and oxygen atoms in total. The minimum absolute atomic E-state index is 0.00281. The Labute approximate surface area is 164 Å². The molecule has 0 saturated carbocycles. The fourth-order valence-corrected chi connectivity index (χ4v) is 3.97. The standard InChI is InChI=1S/C19H25Cl2N3O2/c1-13-4-7-23(8-5-13)15-6-9-24(12-15)18(25)11-22-19(26)14-2-3-16(20)17(21)10-14/h2-3,10,13,15H,4-9,11-12H2,1H3,(H,22,26). The van der Waals surface area contributed by atoms with Crippen LogP contribution in [0.15, 0.2) is 18.2 Å². The number of carbonyl (C=O) groups is 2. The van der Waals surface area contributed by atoms with Crippen molar-refractivity contribution >= 4 is 35.0 Å². The van der Waals surface area contributed by atoms with Gasteiger partial charge in [-0.15, -0.1) is 0 Å². The first kappa shape index (κ1) is 19.5. The molecule has 0 aliphatic carbocycles. The third-order valence-electron chi connectivity index (χ3n) is 5.43. The van der Waals surface area contributed by atoms with Crippen molar-refractivity contribution in [2.45, 2.75) is 32.2 Å². The van der Waals surface area contributed by atoms with Gasteiger partial charge in [0.05, 0.1) is 16.6 Å². The lowest BCUT2D eigenvalue weighted by Gasteiger charge is -2.34. The molecule has 0 aromatic heterocycles. The Kier molecular flexibility index (Phi) is 6.43. The van der Waals surface area contributed by atoms with E-state index in [0.717, 1.165) is 38.5 Å². The molecule has 2 aliphatic heterocycles. The largest absolute Gasteiger partial charge is 0.343 e. The second-order valence-corrected chi connectivity index (χ2v) is 8.13. The number of amides is 2. The Balaban J connectivity index is 1.46. The highest BCUT2D eigenvalue weighted by atomic mass is 35.5. The van der Waals surface area contributed by atoms with Crippen molar-refractivity contribution in [3.05, 3.63) is 33.8 Å². The molecule has 1 N–H and O–H groups in total. The van der Waals surface area contributed by atoms with E-state index < -0.39 is 0 Å². The molecule has 2 amide bonds. The van der Waals surface area contributed by atoms with Crippen LogP contribution in [0, 0.1) is 5.92 Å². The Morgan fingerprint density at radius 1 is 1.12 bits per heavy atom. The van der Waals surface area contributed by atoms with Crippen molar-refractivity contribution in [3.63, 3.8) is 0 Å². The summed E-state index contributed by atoms with van der Waals surface area (Å²) in [5.74, 6) is 0.450. The summed E-state index contributed by atoms with van der Waals surface area (Å²) < 4.78 is 0. The van der Waals surface area contributed by atoms with Crippen LogP contribution in [0.2, 0.25) is 10.0 Å². The molecule has 1 aromatic rings. The van der Waals surface area contributed by atoms with Crippen LogP contribution >= 0.6 is 23.2 Å². The zero-order valence-electron chi connectivity index (χ0n) is 15.0. The summed E-state index contributed by atoms with van der Waals surface area (Å²) in [6, 6.07) is 5.13. The van der Waals surface area contributed by atoms with Crippen LogP contribution in [0.25, 0.3) is 0 Å². The number of hydrogen-bond acceptors (Lipinski definition) is 3. The summed E-state index contributed by atoms with van der Waals surface area (Å²) >= 11 is 11.8. The molecular weight excluding hydrogens is 373 g/mol. The summed E-state index contributed by atoms with van der Waals surface area (Å²) in [5.41, 5.74) is 0.397. The monoisotopic (exact) mass is 397 g/mol. The molecule has 1 unspecified atom stereocenters. The lowest BCUT2D eigenvalue weighted by Crippen LogP contribution is -2.44. The summed E-state index contributed by atoms with van der Waals surface area (Å²) in [4.78, 5) is 29.0. The molecule has 2 saturated heterocycles. The van der Waals surface area contributed by atoms with Crippen LogP contribution in [-0.4, -0.2) is 60.4 Å². The molecule has 0 radical (unpaired) electrons. The summed E-state index contributed by atoms with van der Waals surface area (Å²) in [6.07, 6.45) is 3.50. The number of piperidine rings is 1. The third kappa shape index (κ3) is 4.70. The normalized spacial score (nSPS) is 21.8. The van der Waals surface area contributed by atoms with Crippen molar-refractivity contribution in [2.75, 3.05) is 32.7 Å². The maximum absolute atomic E-state index is 12.4. The van der Waals surface area contributed by atoms with Gasteiger partial charge in [0.1, 0.15) is 0 Å². The van der Waals surface area contributed by atoms with Gasteiger partial charge in [0, 0.05) is 24.7 Å². The number of rotatable bonds is 4. The van der Waals surface area contributed by atoms with Gasteiger partial charge in [-0.3, -0.25) is 14.5 Å². The Morgan fingerprint density at radius 2 is 1.85 bits per heavy atom. The molecule has 2 heterocycles. The van der Waals surface area contributed by atoms with Gasteiger partial charge in [0.25, 0.3) is 5.91 Å². The minimum atomic E-state index is -0.322. The molecule has 2 fully saturated rings. The Bertz CT molecular complexity index is 675. The number of nitrogens with one attached hydrogen (secondary N) is 1. The van der Waals surface area contributed by atoms with E-state index in [1.807, 2.05) is 4.90 Å². The predicted molar refractivity (Wildman–Crippen MR) is 104 cm³/mol. The van der Waals surface area contributed by atoms with E-state index in [4.69, 9.17) is 23.2 Å². The SMILES string of the molecule is CC1CCN(C2CCN(C(=O)CNC(=O)c3ccc(Cl)c(Cl)c3)C2)CC1. The number of benzene rings is 1. The first-order valence-electron chi connectivity index (χ1n) is 9.19. The second kappa shape index (κ2) is 8.59. The minimum Gasteiger partial charge on any atom is -0.343 e. The van der Waals surface area contributed by atoms with Crippen LogP contribution in [0.1, 0.15) is 36.5 Å². The van der Waals surface area contributed by atoms with E-state index in [2.05, 4.69) is 17.1 Å². The average molecular weight is 398 g/mol. The zero-order chi connectivity index (χ0) is 18.7. The van der Waals surface area contributed by atoms with Crippen molar-refractivity contribution in [1.82, 2.24) is 15.1 Å². The van der Waals surface area contributed by atoms with E-state index in [9.17, 15) is 9.59 Å². The molecule has 142 valence electrons. The zero-order valence-corrected chi connectivity index (χ0v) is 16.5. The highest BCUT2D eigenvalue weighted by Crippen LogP contribution is 2.24. The predicted octanol–water partition coefficient (Wildman–Crippen LogP) is 3.06. The Hall–Kier alpha value is -1.30. The maximum Gasteiger partial charge on any atom is 0.251 e. The van der Waals surface area contributed by atoms with Crippen molar-refractivity contribution in [2.24, 2.45) is 5.92 Å². The summed E-state index contributed by atoms with van der Waals surface area (Å²) in [7, 11) is 0. The number of hydrogen-bond donors (Lipinski definition) is 1. The number of nitrogens with zero attached hydrogens (tertiary/aromatic N) is 2. The number of carbonyl (C=O) groups excluding carboxylic acids is 2. The van der Waals surface area contributed by atoms with E-state index in [-0.39, 0.29) is 18.4 Å². The molecule has 0 bridgehead atoms. The second-order valence-electron chi connectivity index (χ2n) is 7.31. The molecule has 3 rings (SSSR count). The van der Waals surface area contributed by atoms with E-state index >= 15 is 0 Å². The van der Waals surface area contributed by atoms with E-state index in [1.165, 1.54) is 18.9 Å². The molecule has 1 atom stereocenters. The van der Waals surface area contributed by atoms with E-state index in [1.54, 1.807) is 12.1 Å². The van der Waals surface area contributed by atoms with Gasteiger partial charge in [-0.1, -0.05) is 30.1 Å². The Morgan fingerprint density at radius 3 is 2.54 bits per heavy atom. The van der Waals surface area contributed by atoms with Gasteiger partial charge in [-0.05, 0) is 56.5 Å². The van der Waals surface area contributed by atoms with Crippen LogP contribution in [-0.2, 0) is 4.79 Å². The van der Waals surface area contributed by atoms with Crippen molar-refractivity contribution in [3.8, 4) is 0 Å². The number of likely N-dealkylation sites (tertiary alicyclic amines) is 2. The first-order chi connectivity index (χ1) is 12.4. The smallest absolute Gasteiger partial charge is 0.251 e. The topological polar surface area (TPSA) is 52.6 Å². The molecule has 1 aromatic carbocycles. The molecule has 2 aliphatic rings. The highest BCUT2D eigenvalue weighted by molar-refractivity contribution is 6.42.